The number of Topliss-reactive ketones (excluding diaryl/α,β-unsaturated/α-hetero) is 1. The van der Waals surface area contributed by atoms with Gasteiger partial charge in [0, 0.05) is 23.3 Å². The van der Waals surface area contributed by atoms with Crippen molar-refractivity contribution < 1.29 is 24.1 Å². The lowest BCUT2D eigenvalue weighted by Crippen LogP contribution is -2.56. The summed E-state index contributed by atoms with van der Waals surface area (Å²) in [6, 6.07) is 17.8. The number of nitrogens with zero attached hydrogens (tertiary/aromatic N) is 3. The lowest BCUT2D eigenvalue weighted by atomic mass is 10.0. The molecule has 1 heterocycles. The summed E-state index contributed by atoms with van der Waals surface area (Å²) < 4.78 is 0. The summed E-state index contributed by atoms with van der Waals surface area (Å²) in [5.41, 5.74) is 0.270. The van der Waals surface area contributed by atoms with E-state index in [9.17, 15) is 29.3 Å². The van der Waals surface area contributed by atoms with Crippen LogP contribution in [0.15, 0.2) is 78.9 Å². The topological polar surface area (TPSA) is 118 Å². The summed E-state index contributed by atoms with van der Waals surface area (Å²) in [6.07, 6.45) is 0. The van der Waals surface area contributed by atoms with E-state index < -0.39 is 34.5 Å². The second-order valence-electron chi connectivity index (χ2n) is 7.33. The molecule has 0 fully saturated rings. The first-order valence-corrected chi connectivity index (χ1v) is 9.96. The molecule has 3 aromatic carbocycles. The molecule has 9 nitrogen and oxygen atoms in total. The van der Waals surface area contributed by atoms with Crippen molar-refractivity contribution in [3.8, 4) is 0 Å². The molecule has 0 aliphatic carbocycles. The molecule has 3 amide bonds. The number of hydrogen-bond acceptors (Lipinski definition) is 6. The predicted octanol–water partition coefficient (Wildman–Crippen LogP) is 3.52. The van der Waals surface area contributed by atoms with E-state index >= 15 is 0 Å². The molecule has 0 saturated heterocycles. The number of imide groups is 1. The van der Waals surface area contributed by atoms with Crippen LogP contribution >= 0.6 is 0 Å². The van der Waals surface area contributed by atoms with E-state index in [0.29, 0.717) is 10.6 Å². The number of rotatable bonds is 6. The van der Waals surface area contributed by atoms with Gasteiger partial charge in [-0.1, -0.05) is 42.5 Å². The van der Waals surface area contributed by atoms with E-state index in [0.717, 1.165) is 17.1 Å². The smallest absolute Gasteiger partial charge is 0.280 e. The Morgan fingerprint density at radius 1 is 0.818 bits per heavy atom. The Morgan fingerprint density at radius 2 is 1.33 bits per heavy atom. The third-order valence-corrected chi connectivity index (χ3v) is 5.33. The highest BCUT2D eigenvalue weighted by Gasteiger charge is 2.44. The highest BCUT2D eigenvalue weighted by atomic mass is 16.6. The molecule has 3 aromatic rings. The molecule has 1 atom stereocenters. The van der Waals surface area contributed by atoms with Gasteiger partial charge >= 0.3 is 0 Å². The van der Waals surface area contributed by atoms with Crippen molar-refractivity contribution in [1.82, 2.24) is 10.0 Å². The minimum atomic E-state index is -1.22. The first kappa shape index (κ1) is 21.6. The Labute approximate surface area is 188 Å². The molecule has 0 aromatic heterocycles. The Kier molecular flexibility index (Phi) is 5.53. The number of carbonyl (C=O) groups is 4. The summed E-state index contributed by atoms with van der Waals surface area (Å²) in [5, 5.41) is 12.4. The second kappa shape index (κ2) is 8.46. The number of nitro groups is 1. The van der Waals surface area contributed by atoms with Gasteiger partial charge in [-0.05, 0) is 31.2 Å². The Morgan fingerprint density at radius 3 is 1.85 bits per heavy atom. The zero-order chi connectivity index (χ0) is 23.7. The van der Waals surface area contributed by atoms with Crippen LogP contribution < -0.4 is 0 Å². The Balaban J connectivity index is 1.78. The zero-order valence-electron chi connectivity index (χ0n) is 17.4. The number of hydrazine groups is 1. The number of benzene rings is 3. The van der Waals surface area contributed by atoms with Crippen LogP contribution in [-0.4, -0.2) is 44.5 Å². The van der Waals surface area contributed by atoms with Gasteiger partial charge in [-0.15, -0.1) is 0 Å². The van der Waals surface area contributed by atoms with Gasteiger partial charge in [-0.25, -0.2) is 5.01 Å². The van der Waals surface area contributed by atoms with E-state index in [1.54, 1.807) is 42.5 Å². The van der Waals surface area contributed by atoms with Crippen molar-refractivity contribution in [3.05, 3.63) is 111 Å². The molecule has 9 heteroatoms. The van der Waals surface area contributed by atoms with Crippen molar-refractivity contribution in [1.29, 1.82) is 0 Å². The molecule has 0 bridgehead atoms. The molecule has 0 saturated carbocycles. The number of ketones is 1. The summed E-state index contributed by atoms with van der Waals surface area (Å²) in [7, 11) is 0. The molecule has 1 aliphatic heterocycles. The third-order valence-electron chi connectivity index (χ3n) is 5.33. The molecule has 4 rings (SSSR count). The lowest BCUT2D eigenvalue weighted by molar-refractivity contribution is -0.384. The Hall–Kier alpha value is -4.66. The molecule has 0 radical (unpaired) electrons. The number of fused-ring (bicyclic) bond motifs is 1. The van der Waals surface area contributed by atoms with E-state index in [-0.39, 0.29) is 22.4 Å². The average Bonchev–Trinajstić information content (AvgIpc) is 3.09. The zero-order valence-corrected chi connectivity index (χ0v) is 17.4. The number of nitro benzene ring substituents is 1. The van der Waals surface area contributed by atoms with Crippen molar-refractivity contribution in [2.75, 3.05) is 0 Å². The molecular formula is C24H17N3O6. The average molecular weight is 443 g/mol. The van der Waals surface area contributed by atoms with Crippen LogP contribution in [0.4, 0.5) is 5.69 Å². The maximum absolute atomic E-state index is 13.5. The van der Waals surface area contributed by atoms with Gasteiger partial charge in [-0.3, -0.25) is 29.3 Å². The highest BCUT2D eigenvalue weighted by Crippen LogP contribution is 2.28. The summed E-state index contributed by atoms with van der Waals surface area (Å²) in [6.45, 7) is 1.42. The SMILES string of the molecule is C[C@@H](C(=O)c1ccccc1)N(C(=O)c1ccc([N+](=O)[O-])cc1)N1C(=O)c2ccccc2C1=O. The van der Waals surface area contributed by atoms with Crippen LogP contribution in [0.3, 0.4) is 0 Å². The molecule has 164 valence electrons. The summed E-state index contributed by atoms with van der Waals surface area (Å²) >= 11 is 0. The number of non-ortho nitro benzene ring substituents is 1. The van der Waals surface area contributed by atoms with Crippen LogP contribution in [-0.2, 0) is 0 Å². The van der Waals surface area contributed by atoms with E-state index in [1.807, 2.05) is 0 Å². The molecule has 0 unspecified atom stereocenters. The molecule has 1 aliphatic rings. The molecule has 33 heavy (non-hydrogen) atoms. The minimum Gasteiger partial charge on any atom is -0.292 e. The number of amides is 3. The maximum Gasteiger partial charge on any atom is 0.280 e. The van der Waals surface area contributed by atoms with Gasteiger partial charge in [0.2, 0.25) is 0 Å². The van der Waals surface area contributed by atoms with Gasteiger partial charge in [0.25, 0.3) is 23.4 Å². The monoisotopic (exact) mass is 443 g/mol. The van der Waals surface area contributed by atoms with E-state index in [1.165, 1.54) is 31.2 Å². The van der Waals surface area contributed by atoms with Crippen LogP contribution in [0.1, 0.15) is 48.4 Å². The largest absolute Gasteiger partial charge is 0.292 e. The van der Waals surface area contributed by atoms with Crippen molar-refractivity contribution in [2.24, 2.45) is 0 Å². The van der Waals surface area contributed by atoms with E-state index in [4.69, 9.17) is 0 Å². The first-order valence-electron chi connectivity index (χ1n) is 9.96. The predicted molar refractivity (Wildman–Crippen MR) is 116 cm³/mol. The van der Waals surface area contributed by atoms with Gasteiger partial charge in [0.15, 0.2) is 5.78 Å². The van der Waals surface area contributed by atoms with Crippen LogP contribution in [0.2, 0.25) is 0 Å². The number of carbonyl (C=O) groups excluding carboxylic acids is 4. The second-order valence-corrected chi connectivity index (χ2v) is 7.33. The van der Waals surface area contributed by atoms with Gasteiger partial charge < -0.3 is 0 Å². The van der Waals surface area contributed by atoms with Gasteiger partial charge in [0.1, 0.15) is 6.04 Å². The van der Waals surface area contributed by atoms with Gasteiger partial charge in [-0.2, -0.15) is 5.01 Å². The van der Waals surface area contributed by atoms with Gasteiger partial charge in [0.05, 0.1) is 16.1 Å². The van der Waals surface area contributed by atoms with Crippen LogP contribution in [0.25, 0.3) is 0 Å². The first-order chi connectivity index (χ1) is 15.8. The number of hydrogen-bond donors (Lipinski definition) is 0. The van der Waals surface area contributed by atoms with E-state index in [2.05, 4.69) is 0 Å². The fourth-order valence-corrected chi connectivity index (χ4v) is 3.62. The fourth-order valence-electron chi connectivity index (χ4n) is 3.62. The lowest BCUT2D eigenvalue weighted by Gasteiger charge is -2.34. The standard InChI is InChI=1S/C24H17N3O6/c1-15(21(28)16-7-3-2-4-8-16)25(22(29)17-11-13-18(14-12-17)27(32)33)26-23(30)19-9-5-6-10-20(19)24(26)31/h2-15H,1H3/t15-/m0/s1. The quantitative estimate of drug-likeness (QED) is 0.249. The van der Waals surface area contributed by atoms with Crippen molar-refractivity contribution in [3.63, 3.8) is 0 Å². The maximum atomic E-state index is 13.5. The fraction of sp³-hybridized carbons (Fsp3) is 0.0833. The van der Waals surface area contributed by atoms with Crippen molar-refractivity contribution in [2.45, 2.75) is 13.0 Å². The molecular weight excluding hydrogens is 426 g/mol. The van der Waals surface area contributed by atoms with Crippen LogP contribution in [0.5, 0.6) is 0 Å². The molecule has 0 N–H and O–H groups in total. The highest BCUT2D eigenvalue weighted by molar-refractivity contribution is 6.22. The summed E-state index contributed by atoms with van der Waals surface area (Å²) in [5.74, 6) is -2.78. The Bertz CT molecular complexity index is 1250. The van der Waals surface area contributed by atoms with Crippen LogP contribution in [0, 0.1) is 10.1 Å². The summed E-state index contributed by atoms with van der Waals surface area (Å²) in [4.78, 5) is 63.2. The minimum absolute atomic E-state index is 0.0233. The van der Waals surface area contributed by atoms with Crippen molar-refractivity contribution >= 4 is 29.2 Å². The third kappa shape index (κ3) is 3.76. The molecule has 0 spiro atoms. The normalized spacial score (nSPS) is 13.4.